The van der Waals surface area contributed by atoms with Gasteiger partial charge in [0.25, 0.3) is 0 Å². The second-order valence-corrected chi connectivity index (χ2v) is 4.76. The van der Waals surface area contributed by atoms with Crippen LogP contribution in [0.1, 0.15) is 50.2 Å². The van der Waals surface area contributed by atoms with Gasteiger partial charge in [-0.15, -0.1) is 0 Å². The van der Waals surface area contributed by atoms with Crippen LogP contribution in [0.25, 0.3) is 0 Å². The molecule has 2 atom stereocenters. The minimum atomic E-state index is 0.0172. The van der Waals surface area contributed by atoms with E-state index in [-0.39, 0.29) is 11.5 Å². The normalized spacial score (nSPS) is 24.1. The lowest BCUT2D eigenvalue weighted by Gasteiger charge is -2.32. The van der Waals surface area contributed by atoms with Gasteiger partial charge in [0.1, 0.15) is 0 Å². The van der Waals surface area contributed by atoms with Gasteiger partial charge in [-0.2, -0.15) is 0 Å². The van der Waals surface area contributed by atoms with E-state index in [1.54, 1.807) is 12.1 Å². The van der Waals surface area contributed by atoms with Gasteiger partial charge >= 0.3 is 0 Å². The number of phenolic OH excluding ortho intramolecular Hbond substituents is 2. The molecular weight excluding hydrogens is 200 g/mol. The molecule has 1 aromatic carbocycles. The fourth-order valence-corrected chi connectivity index (χ4v) is 3.04. The van der Waals surface area contributed by atoms with E-state index in [0.717, 1.165) is 18.8 Å². The Hall–Kier alpha value is -1.18. The fourth-order valence-electron chi connectivity index (χ4n) is 3.04. The summed E-state index contributed by atoms with van der Waals surface area (Å²) in [6.45, 7) is 4.44. The largest absolute Gasteiger partial charge is 0.504 e. The Morgan fingerprint density at radius 1 is 1.12 bits per heavy atom. The molecule has 2 rings (SSSR count). The van der Waals surface area contributed by atoms with Crippen LogP contribution in [-0.2, 0) is 6.42 Å². The maximum Gasteiger partial charge on any atom is 0.157 e. The Bertz CT molecular complexity index is 385. The van der Waals surface area contributed by atoms with Gasteiger partial charge in [0.15, 0.2) is 11.5 Å². The molecule has 1 aromatic rings. The fraction of sp³-hybridized carbons (Fsp3) is 0.571. The summed E-state index contributed by atoms with van der Waals surface area (Å²) < 4.78 is 0. The van der Waals surface area contributed by atoms with Crippen LogP contribution in [0.3, 0.4) is 0 Å². The molecule has 88 valence electrons. The molecule has 0 aromatic heterocycles. The van der Waals surface area contributed by atoms with Crippen molar-refractivity contribution in [1.29, 1.82) is 0 Å². The Morgan fingerprint density at radius 3 is 2.44 bits per heavy atom. The van der Waals surface area contributed by atoms with Crippen LogP contribution in [0, 0.1) is 5.92 Å². The highest BCUT2D eigenvalue weighted by atomic mass is 16.3. The number of benzene rings is 1. The lowest BCUT2D eigenvalue weighted by atomic mass is 9.72. The Balaban J connectivity index is 2.44. The van der Waals surface area contributed by atoms with Crippen LogP contribution in [0.2, 0.25) is 0 Å². The average Bonchev–Trinajstić information content (AvgIpc) is 2.29. The monoisotopic (exact) mass is 220 g/mol. The first kappa shape index (κ1) is 11.3. The Morgan fingerprint density at radius 2 is 1.81 bits per heavy atom. The summed E-state index contributed by atoms with van der Waals surface area (Å²) in [5.74, 6) is 1.30. The topological polar surface area (TPSA) is 40.5 Å². The molecule has 0 bridgehead atoms. The van der Waals surface area contributed by atoms with E-state index in [9.17, 15) is 10.2 Å². The first-order valence-corrected chi connectivity index (χ1v) is 6.22. The molecule has 0 heterocycles. The molecule has 0 fully saturated rings. The van der Waals surface area contributed by atoms with E-state index >= 15 is 0 Å². The van der Waals surface area contributed by atoms with Gasteiger partial charge in [-0.1, -0.05) is 20.3 Å². The summed E-state index contributed by atoms with van der Waals surface area (Å²) in [4.78, 5) is 0. The van der Waals surface area contributed by atoms with E-state index in [4.69, 9.17) is 0 Å². The van der Waals surface area contributed by atoms with E-state index in [0.29, 0.717) is 5.92 Å². The number of hydrogen-bond acceptors (Lipinski definition) is 2. The van der Waals surface area contributed by atoms with Crippen molar-refractivity contribution < 1.29 is 10.2 Å². The molecule has 0 aliphatic heterocycles. The zero-order valence-electron chi connectivity index (χ0n) is 10.0. The van der Waals surface area contributed by atoms with Crippen molar-refractivity contribution in [3.05, 3.63) is 23.3 Å². The molecule has 0 saturated heterocycles. The van der Waals surface area contributed by atoms with Crippen molar-refractivity contribution in [1.82, 2.24) is 0 Å². The molecule has 2 nitrogen and oxygen atoms in total. The molecule has 2 N–H and O–H groups in total. The molecule has 1 aliphatic rings. The molecule has 0 radical (unpaired) electrons. The number of aromatic hydroxyl groups is 2. The van der Waals surface area contributed by atoms with Crippen molar-refractivity contribution in [3.8, 4) is 11.5 Å². The van der Waals surface area contributed by atoms with E-state index < -0.39 is 0 Å². The molecule has 16 heavy (non-hydrogen) atoms. The smallest absolute Gasteiger partial charge is 0.157 e. The number of aryl methyl sites for hydroxylation is 1. The van der Waals surface area contributed by atoms with E-state index in [1.165, 1.54) is 24.0 Å². The zero-order chi connectivity index (χ0) is 11.7. The Labute approximate surface area is 96.9 Å². The number of fused-ring (bicyclic) bond motifs is 1. The molecule has 0 saturated carbocycles. The highest BCUT2D eigenvalue weighted by molar-refractivity contribution is 5.48. The highest BCUT2D eigenvalue weighted by Gasteiger charge is 2.28. The summed E-state index contributed by atoms with van der Waals surface area (Å²) in [6, 6.07) is 3.50. The van der Waals surface area contributed by atoms with Crippen LogP contribution in [0.15, 0.2) is 12.1 Å². The van der Waals surface area contributed by atoms with Crippen LogP contribution < -0.4 is 0 Å². The minimum absolute atomic E-state index is 0.0172. The van der Waals surface area contributed by atoms with E-state index in [2.05, 4.69) is 13.8 Å². The number of phenols is 2. The molecular formula is C14H20O2. The van der Waals surface area contributed by atoms with Crippen LogP contribution >= 0.6 is 0 Å². The van der Waals surface area contributed by atoms with Gasteiger partial charge in [0, 0.05) is 0 Å². The second-order valence-electron chi connectivity index (χ2n) is 4.76. The van der Waals surface area contributed by atoms with Gasteiger partial charge in [-0.3, -0.25) is 0 Å². The number of hydrogen-bond donors (Lipinski definition) is 2. The quantitative estimate of drug-likeness (QED) is 0.748. The molecule has 1 aliphatic carbocycles. The summed E-state index contributed by atoms with van der Waals surface area (Å²) in [5.41, 5.74) is 2.46. The van der Waals surface area contributed by atoms with Crippen molar-refractivity contribution in [3.63, 3.8) is 0 Å². The molecule has 0 spiro atoms. The summed E-state index contributed by atoms with van der Waals surface area (Å²) >= 11 is 0. The van der Waals surface area contributed by atoms with Crippen LogP contribution in [0.5, 0.6) is 11.5 Å². The van der Waals surface area contributed by atoms with Gasteiger partial charge < -0.3 is 10.2 Å². The molecule has 2 heteroatoms. The van der Waals surface area contributed by atoms with Crippen molar-refractivity contribution in [2.45, 2.75) is 45.4 Å². The third kappa shape index (κ3) is 1.77. The lowest BCUT2D eigenvalue weighted by Crippen LogP contribution is -2.19. The maximum atomic E-state index is 9.60. The lowest BCUT2D eigenvalue weighted by molar-refractivity contribution is 0.347. The first-order chi connectivity index (χ1) is 7.67. The van der Waals surface area contributed by atoms with Crippen LogP contribution in [0.4, 0.5) is 0 Å². The van der Waals surface area contributed by atoms with Gasteiger partial charge in [0.2, 0.25) is 0 Å². The third-order valence-electron chi connectivity index (χ3n) is 3.95. The minimum Gasteiger partial charge on any atom is -0.504 e. The van der Waals surface area contributed by atoms with Crippen molar-refractivity contribution >= 4 is 0 Å². The maximum absolute atomic E-state index is 9.60. The molecule has 0 amide bonds. The zero-order valence-corrected chi connectivity index (χ0v) is 10.0. The average molecular weight is 220 g/mol. The first-order valence-electron chi connectivity index (χ1n) is 6.22. The summed E-state index contributed by atoms with van der Waals surface area (Å²) in [6.07, 6.45) is 4.53. The Kier molecular flexibility index (Phi) is 3.08. The predicted octanol–water partition coefficient (Wildman–Crippen LogP) is 3.56. The second kappa shape index (κ2) is 4.36. The highest BCUT2D eigenvalue weighted by Crippen LogP contribution is 2.43. The van der Waals surface area contributed by atoms with E-state index in [1.807, 2.05) is 0 Å². The van der Waals surface area contributed by atoms with Gasteiger partial charge in [-0.05, 0) is 54.4 Å². The SMILES string of the molecule is CCC1CCc2cc(O)c(O)cc2C1CC. The van der Waals surface area contributed by atoms with Crippen LogP contribution in [-0.4, -0.2) is 10.2 Å². The van der Waals surface area contributed by atoms with Gasteiger partial charge in [-0.25, -0.2) is 0 Å². The number of rotatable bonds is 2. The predicted molar refractivity (Wildman–Crippen MR) is 64.9 cm³/mol. The third-order valence-corrected chi connectivity index (χ3v) is 3.95. The summed E-state index contributed by atoms with van der Waals surface area (Å²) in [7, 11) is 0. The van der Waals surface area contributed by atoms with Gasteiger partial charge in [0.05, 0.1) is 0 Å². The molecule has 2 unspecified atom stereocenters. The van der Waals surface area contributed by atoms with Crippen molar-refractivity contribution in [2.24, 2.45) is 5.92 Å². The summed E-state index contributed by atoms with van der Waals surface area (Å²) in [5, 5.41) is 19.1. The standard InChI is InChI=1S/C14H20O2/c1-3-9-5-6-10-7-13(15)14(16)8-12(10)11(9)4-2/h7-9,11,15-16H,3-6H2,1-2H3. The van der Waals surface area contributed by atoms with Crippen molar-refractivity contribution in [2.75, 3.05) is 0 Å².